The zero-order valence-corrected chi connectivity index (χ0v) is 11.8. The fourth-order valence-corrected chi connectivity index (χ4v) is 2.02. The van der Waals surface area contributed by atoms with Crippen LogP contribution in [0.25, 0.3) is 0 Å². The van der Waals surface area contributed by atoms with Gasteiger partial charge in [-0.3, -0.25) is 0 Å². The van der Waals surface area contributed by atoms with E-state index in [0.29, 0.717) is 0 Å². The van der Waals surface area contributed by atoms with Crippen molar-refractivity contribution >= 4 is 0 Å². The molecule has 0 unspecified atom stereocenters. The summed E-state index contributed by atoms with van der Waals surface area (Å²) in [6.45, 7) is 6.93. The van der Waals surface area contributed by atoms with E-state index in [0.717, 1.165) is 31.6 Å². The van der Waals surface area contributed by atoms with Gasteiger partial charge in [0, 0.05) is 0 Å². The third-order valence-electron chi connectivity index (χ3n) is 3.13. The molecule has 1 aromatic rings. The van der Waals surface area contributed by atoms with Gasteiger partial charge in [-0.1, -0.05) is 58.1 Å². The first-order valence-corrected chi connectivity index (χ1v) is 7.37. The molecule has 0 heterocycles. The van der Waals surface area contributed by atoms with Crippen molar-refractivity contribution in [1.29, 1.82) is 0 Å². The van der Waals surface area contributed by atoms with Crippen LogP contribution >= 0.6 is 0 Å². The second-order valence-corrected chi connectivity index (χ2v) is 4.87. The van der Waals surface area contributed by atoms with E-state index in [1.54, 1.807) is 0 Å². The van der Waals surface area contributed by atoms with Crippen molar-refractivity contribution in [2.75, 3.05) is 6.61 Å². The van der Waals surface area contributed by atoms with E-state index in [-0.39, 0.29) is 0 Å². The minimum atomic E-state index is 0.846. The van der Waals surface area contributed by atoms with Crippen LogP contribution in [0.15, 0.2) is 24.3 Å². The predicted octanol–water partition coefficient (Wildman–Crippen LogP) is 5.19. The second kappa shape index (κ2) is 9.99. The van der Waals surface area contributed by atoms with Crippen LogP contribution in [0.1, 0.15) is 57.4 Å². The van der Waals surface area contributed by atoms with E-state index in [4.69, 9.17) is 4.74 Å². The van der Waals surface area contributed by atoms with Gasteiger partial charge >= 0.3 is 0 Å². The van der Waals surface area contributed by atoms with Crippen molar-refractivity contribution < 1.29 is 4.74 Å². The average Bonchev–Trinajstić information content (AvgIpc) is 2.40. The Morgan fingerprint density at radius 3 is 2.72 bits per heavy atom. The number of benzene rings is 1. The third kappa shape index (κ3) is 6.68. The maximum absolute atomic E-state index is 5.77. The molecule has 101 valence electrons. The van der Waals surface area contributed by atoms with E-state index >= 15 is 0 Å². The lowest BCUT2D eigenvalue weighted by atomic mass is 10.1. The van der Waals surface area contributed by atoms with Gasteiger partial charge in [-0.2, -0.15) is 0 Å². The number of hydrogen-bond donors (Lipinski definition) is 0. The maximum Gasteiger partial charge on any atom is 0.119 e. The number of aryl methyl sites for hydroxylation is 1. The average molecular weight is 247 g/mol. The summed E-state index contributed by atoms with van der Waals surface area (Å²) in [6, 6.07) is 8.55. The first-order chi connectivity index (χ1) is 8.86. The van der Waals surface area contributed by atoms with Gasteiger partial charge in [0.2, 0.25) is 0 Å². The smallest absolute Gasteiger partial charge is 0.119 e. The monoisotopic (exact) mass is 247 g/mol. The van der Waals surface area contributed by atoms with E-state index < -0.39 is 0 Å². The highest BCUT2D eigenvalue weighted by Crippen LogP contribution is 2.16. The molecule has 0 N–H and O–H groups in total. The topological polar surface area (TPSA) is 9.23 Å². The SMILES string of the molecule is [CH2]CCCCCc1cccc(OCCCCC)c1. The molecule has 0 aliphatic carbocycles. The molecule has 0 spiro atoms. The fourth-order valence-electron chi connectivity index (χ4n) is 2.02. The predicted molar refractivity (Wildman–Crippen MR) is 79.0 cm³/mol. The first kappa shape index (κ1) is 15.1. The van der Waals surface area contributed by atoms with Gasteiger partial charge < -0.3 is 4.74 Å². The van der Waals surface area contributed by atoms with E-state index in [9.17, 15) is 0 Å². The first-order valence-electron chi connectivity index (χ1n) is 7.37. The molecular weight excluding hydrogens is 220 g/mol. The molecule has 0 fully saturated rings. The van der Waals surface area contributed by atoms with Crippen LogP contribution in [0.2, 0.25) is 0 Å². The fraction of sp³-hybridized carbons (Fsp3) is 0.588. The standard InChI is InChI=1S/C17H27O/c1-3-5-7-8-11-16-12-10-13-17(15-16)18-14-9-6-4-2/h10,12-13,15H,1,3-9,11,14H2,2H3. The van der Waals surface area contributed by atoms with Crippen LogP contribution in [0.4, 0.5) is 0 Å². The Bertz CT molecular complexity index is 279. The molecule has 0 bridgehead atoms. The zero-order chi connectivity index (χ0) is 13.1. The van der Waals surface area contributed by atoms with Gasteiger partial charge in [-0.25, -0.2) is 0 Å². The second-order valence-electron chi connectivity index (χ2n) is 4.87. The van der Waals surface area contributed by atoms with E-state index in [2.05, 4.69) is 38.1 Å². The van der Waals surface area contributed by atoms with Crippen molar-refractivity contribution in [1.82, 2.24) is 0 Å². The summed E-state index contributed by atoms with van der Waals surface area (Å²) in [5.41, 5.74) is 1.40. The highest BCUT2D eigenvalue weighted by molar-refractivity contribution is 5.28. The van der Waals surface area contributed by atoms with E-state index in [1.165, 1.54) is 37.7 Å². The van der Waals surface area contributed by atoms with Crippen LogP contribution in [-0.4, -0.2) is 6.61 Å². The molecule has 0 saturated carbocycles. The van der Waals surface area contributed by atoms with Crippen molar-refractivity contribution in [3.63, 3.8) is 0 Å². The van der Waals surface area contributed by atoms with Gasteiger partial charge in [0.25, 0.3) is 0 Å². The van der Waals surface area contributed by atoms with Crippen molar-refractivity contribution in [3.8, 4) is 5.75 Å². The van der Waals surface area contributed by atoms with Crippen LogP contribution in [-0.2, 0) is 6.42 Å². The number of rotatable bonds is 10. The molecule has 1 nitrogen and oxygen atoms in total. The molecule has 18 heavy (non-hydrogen) atoms. The third-order valence-corrected chi connectivity index (χ3v) is 3.13. The molecule has 0 saturated heterocycles. The highest BCUT2D eigenvalue weighted by atomic mass is 16.5. The van der Waals surface area contributed by atoms with Gasteiger partial charge in [0.05, 0.1) is 6.61 Å². The van der Waals surface area contributed by atoms with E-state index in [1.807, 2.05) is 0 Å². The number of hydrogen-bond acceptors (Lipinski definition) is 1. The molecule has 1 aromatic carbocycles. The molecule has 0 aromatic heterocycles. The molecule has 0 aliphatic rings. The summed E-state index contributed by atoms with van der Waals surface area (Å²) >= 11 is 0. The lowest BCUT2D eigenvalue weighted by Gasteiger charge is -2.07. The van der Waals surface area contributed by atoms with Crippen LogP contribution in [0, 0.1) is 6.92 Å². The summed E-state index contributed by atoms with van der Waals surface area (Å²) in [5, 5.41) is 0. The zero-order valence-electron chi connectivity index (χ0n) is 11.8. The Hall–Kier alpha value is -0.980. The Morgan fingerprint density at radius 1 is 1.06 bits per heavy atom. The van der Waals surface area contributed by atoms with Gasteiger partial charge in [0.1, 0.15) is 5.75 Å². The molecule has 0 amide bonds. The summed E-state index contributed by atoms with van der Waals surface area (Å²) in [4.78, 5) is 0. The highest BCUT2D eigenvalue weighted by Gasteiger charge is 1.97. The summed E-state index contributed by atoms with van der Waals surface area (Å²) < 4.78 is 5.77. The molecule has 0 atom stereocenters. The summed E-state index contributed by atoms with van der Waals surface area (Å²) in [5.74, 6) is 1.03. The number of ether oxygens (including phenoxy) is 1. The lowest BCUT2D eigenvalue weighted by molar-refractivity contribution is 0.306. The van der Waals surface area contributed by atoms with Gasteiger partial charge in [0.15, 0.2) is 0 Å². The summed E-state index contributed by atoms with van der Waals surface area (Å²) in [6.07, 6.45) is 9.66. The normalized spacial score (nSPS) is 10.6. The molecule has 1 radical (unpaired) electrons. The minimum absolute atomic E-state index is 0.846. The van der Waals surface area contributed by atoms with Crippen molar-refractivity contribution in [2.24, 2.45) is 0 Å². The quantitative estimate of drug-likeness (QED) is 0.517. The van der Waals surface area contributed by atoms with Crippen molar-refractivity contribution in [2.45, 2.75) is 58.3 Å². The van der Waals surface area contributed by atoms with Crippen LogP contribution in [0.3, 0.4) is 0 Å². The lowest BCUT2D eigenvalue weighted by Crippen LogP contribution is -1.97. The molecular formula is C17H27O. The number of unbranched alkanes of at least 4 members (excludes halogenated alkanes) is 5. The Kier molecular flexibility index (Phi) is 8.37. The van der Waals surface area contributed by atoms with Crippen LogP contribution in [0.5, 0.6) is 5.75 Å². The van der Waals surface area contributed by atoms with Crippen LogP contribution < -0.4 is 4.74 Å². The Morgan fingerprint density at radius 2 is 1.94 bits per heavy atom. The van der Waals surface area contributed by atoms with Gasteiger partial charge in [-0.15, -0.1) is 0 Å². The van der Waals surface area contributed by atoms with Gasteiger partial charge in [-0.05, 0) is 37.0 Å². The summed E-state index contributed by atoms with van der Waals surface area (Å²) in [7, 11) is 0. The molecule has 1 heteroatoms. The molecule has 1 rings (SSSR count). The largest absolute Gasteiger partial charge is 0.494 e. The Balaban J connectivity index is 2.27. The van der Waals surface area contributed by atoms with Crippen molar-refractivity contribution in [3.05, 3.63) is 36.8 Å². The minimum Gasteiger partial charge on any atom is -0.494 e. The maximum atomic E-state index is 5.77. The molecule has 0 aliphatic heterocycles. The Labute approximate surface area is 113 Å².